The number of nitrogens with one attached hydrogen (secondary N) is 2. The Morgan fingerprint density at radius 1 is 1.37 bits per heavy atom. The molecular formula is C18H22ClN5O3. The average Bonchev–Trinajstić information content (AvgIpc) is 3.08. The fourth-order valence-electron chi connectivity index (χ4n) is 3.43. The van der Waals surface area contributed by atoms with Gasteiger partial charge in [0.1, 0.15) is 17.6 Å². The zero-order valence-corrected chi connectivity index (χ0v) is 15.7. The lowest BCUT2D eigenvalue weighted by atomic mass is 10.1. The Morgan fingerprint density at radius 3 is 2.96 bits per heavy atom. The highest BCUT2D eigenvalue weighted by Crippen LogP contribution is 2.30. The smallest absolute Gasteiger partial charge is 0.266 e. The van der Waals surface area contributed by atoms with Crippen molar-refractivity contribution >= 4 is 29.9 Å². The zero-order valence-electron chi connectivity index (χ0n) is 14.9. The molecule has 0 spiro atoms. The predicted octanol–water partition coefficient (Wildman–Crippen LogP) is 1.10. The lowest BCUT2D eigenvalue weighted by molar-refractivity contribution is -0.140. The van der Waals surface area contributed by atoms with E-state index in [1.165, 1.54) is 0 Å². The van der Waals surface area contributed by atoms with E-state index in [9.17, 15) is 9.59 Å². The van der Waals surface area contributed by atoms with Gasteiger partial charge in [-0.25, -0.2) is 4.98 Å². The van der Waals surface area contributed by atoms with E-state index >= 15 is 0 Å². The number of aryl methyl sites for hydroxylation is 1. The number of piperazine rings is 1. The molecule has 9 heteroatoms. The van der Waals surface area contributed by atoms with E-state index in [4.69, 9.17) is 4.74 Å². The second kappa shape index (κ2) is 7.98. The topological polar surface area (TPSA) is 88.5 Å². The van der Waals surface area contributed by atoms with Crippen LogP contribution in [0.4, 0.5) is 5.69 Å². The number of nitrogens with zero attached hydrogens (tertiary/aromatic N) is 3. The van der Waals surface area contributed by atoms with Crippen LogP contribution in [-0.4, -0.2) is 52.0 Å². The number of ether oxygens (including phenoxy) is 1. The third-order valence-corrected chi connectivity index (χ3v) is 4.79. The molecule has 2 aliphatic rings. The van der Waals surface area contributed by atoms with E-state index in [0.717, 1.165) is 5.82 Å². The molecule has 144 valence electrons. The van der Waals surface area contributed by atoms with E-state index in [-0.39, 0.29) is 36.7 Å². The van der Waals surface area contributed by atoms with Crippen LogP contribution in [-0.2, 0) is 16.6 Å². The lowest BCUT2D eigenvalue weighted by Gasteiger charge is -2.36. The van der Waals surface area contributed by atoms with Gasteiger partial charge in [0, 0.05) is 39.1 Å². The molecule has 2 aliphatic heterocycles. The van der Waals surface area contributed by atoms with Crippen LogP contribution in [0, 0.1) is 0 Å². The van der Waals surface area contributed by atoms with Gasteiger partial charge in [0.15, 0.2) is 6.10 Å². The fourth-order valence-corrected chi connectivity index (χ4v) is 3.43. The number of halogens is 1. The monoisotopic (exact) mass is 391 g/mol. The molecule has 8 nitrogen and oxygen atoms in total. The van der Waals surface area contributed by atoms with Crippen LogP contribution >= 0.6 is 12.4 Å². The van der Waals surface area contributed by atoms with Gasteiger partial charge in [-0.2, -0.15) is 0 Å². The number of anilines is 1. The van der Waals surface area contributed by atoms with Crippen molar-refractivity contribution in [3.63, 3.8) is 0 Å². The van der Waals surface area contributed by atoms with Crippen molar-refractivity contribution < 1.29 is 14.3 Å². The fraction of sp³-hybridized carbons (Fsp3) is 0.389. The standard InChI is InChI=1S/C18H21N5O3.ClH/c1-22-8-7-20-17(22)13-11-19-6-9-23(13)16(24)10-15-18(25)21-12-4-2-3-5-14(12)26-15;/h2-5,7-8,13,15,19H,6,9-11H2,1H3,(H,21,25);1H. The molecule has 2 N–H and O–H groups in total. The van der Waals surface area contributed by atoms with Crippen LogP contribution in [0.5, 0.6) is 5.75 Å². The van der Waals surface area contributed by atoms with E-state index in [0.29, 0.717) is 31.1 Å². The number of imidazole rings is 1. The largest absolute Gasteiger partial charge is 0.478 e. The molecule has 1 saturated heterocycles. The maximum Gasteiger partial charge on any atom is 0.266 e. The minimum atomic E-state index is -0.825. The summed E-state index contributed by atoms with van der Waals surface area (Å²) in [6, 6.07) is 7.07. The maximum absolute atomic E-state index is 12.9. The van der Waals surface area contributed by atoms with Crippen LogP contribution in [0.15, 0.2) is 36.7 Å². The molecule has 2 amide bonds. The molecular weight excluding hydrogens is 370 g/mol. The Labute approximate surface area is 163 Å². The molecule has 2 atom stereocenters. The zero-order chi connectivity index (χ0) is 18.1. The highest BCUT2D eigenvalue weighted by molar-refractivity contribution is 6.00. The second-order valence-electron chi connectivity index (χ2n) is 6.50. The highest BCUT2D eigenvalue weighted by atomic mass is 35.5. The SMILES string of the molecule is Cl.Cn1ccnc1C1CNCCN1C(=O)CC1Oc2ccccc2NC1=O. The summed E-state index contributed by atoms with van der Waals surface area (Å²) < 4.78 is 7.67. The van der Waals surface area contributed by atoms with Gasteiger partial charge < -0.3 is 24.8 Å². The summed E-state index contributed by atoms with van der Waals surface area (Å²) in [6.45, 7) is 1.92. The van der Waals surface area contributed by atoms with E-state index in [2.05, 4.69) is 15.6 Å². The van der Waals surface area contributed by atoms with E-state index in [1.54, 1.807) is 23.2 Å². The molecule has 0 radical (unpaired) electrons. The first-order valence-electron chi connectivity index (χ1n) is 8.67. The summed E-state index contributed by atoms with van der Waals surface area (Å²) >= 11 is 0. The Morgan fingerprint density at radius 2 is 2.19 bits per heavy atom. The van der Waals surface area contributed by atoms with Gasteiger partial charge in [0.2, 0.25) is 5.91 Å². The number of carbonyl (C=O) groups excluding carboxylic acids is 2. The summed E-state index contributed by atoms with van der Waals surface area (Å²) in [4.78, 5) is 31.4. The predicted molar refractivity (Wildman–Crippen MR) is 102 cm³/mol. The van der Waals surface area contributed by atoms with Crippen molar-refractivity contribution in [2.45, 2.75) is 18.6 Å². The first-order valence-corrected chi connectivity index (χ1v) is 8.67. The Hall–Kier alpha value is -2.58. The van der Waals surface area contributed by atoms with E-state index in [1.807, 2.05) is 29.9 Å². The quantitative estimate of drug-likeness (QED) is 0.818. The first kappa shape index (κ1) is 19.2. The van der Waals surface area contributed by atoms with Gasteiger partial charge in [0.25, 0.3) is 5.91 Å². The average molecular weight is 392 g/mol. The minimum absolute atomic E-state index is 0. The molecule has 27 heavy (non-hydrogen) atoms. The van der Waals surface area contributed by atoms with Crippen molar-refractivity contribution in [2.24, 2.45) is 7.05 Å². The summed E-state index contributed by atoms with van der Waals surface area (Å²) in [5.74, 6) is 1.01. The molecule has 1 aromatic carbocycles. The summed E-state index contributed by atoms with van der Waals surface area (Å²) in [7, 11) is 1.91. The van der Waals surface area contributed by atoms with Crippen molar-refractivity contribution in [1.29, 1.82) is 0 Å². The van der Waals surface area contributed by atoms with Crippen molar-refractivity contribution in [2.75, 3.05) is 25.0 Å². The number of amides is 2. The van der Waals surface area contributed by atoms with Gasteiger partial charge in [-0.3, -0.25) is 9.59 Å². The summed E-state index contributed by atoms with van der Waals surface area (Å²) in [5, 5.41) is 6.11. The van der Waals surface area contributed by atoms with Gasteiger partial charge >= 0.3 is 0 Å². The molecule has 0 aliphatic carbocycles. The van der Waals surface area contributed by atoms with Gasteiger partial charge in [0.05, 0.1) is 12.1 Å². The van der Waals surface area contributed by atoms with Crippen LogP contribution < -0.4 is 15.4 Å². The number of fused-ring (bicyclic) bond motifs is 1. The number of rotatable bonds is 3. The normalized spacial score (nSPS) is 21.5. The number of para-hydroxylation sites is 2. The Kier molecular flexibility index (Phi) is 5.67. The van der Waals surface area contributed by atoms with Gasteiger partial charge in [-0.15, -0.1) is 12.4 Å². The molecule has 1 aromatic heterocycles. The number of hydrogen-bond acceptors (Lipinski definition) is 5. The van der Waals surface area contributed by atoms with Crippen LogP contribution in [0.1, 0.15) is 18.3 Å². The first-order chi connectivity index (χ1) is 12.6. The number of carbonyl (C=O) groups is 2. The van der Waals surface area contributed by atoms with E-state index < -0.39 is 6.10 Å². The van der Waals surface area contributed by atoms with Crippen molar-refractivity contribution in [1.82, 2.24) is 19.8 Å². The Balaban J connectivity index is 0.00000210. The van der Waals surface area contributed by atoms with Gasteiger partial charge in [-0.1, -0.05) is 12.1 Å². The molecule has 4 rings (SSSR count). The van der Waals surface area contributed by atoms with Gasteiger partial charge in [-0.05, 0) is 12.1 Å². The second-order valence-corrected chi connectivity index (χ2v) is 6.50. The maximum atomic E-state index is 12.9. The molecule has 3 heterocycles. The molecule has 1 fully saturated rings. The molecule has 2 unspecified atom stereocenters. The number of benzene rings is 1. The highest BCUT2D eigenvalue weighted by Gasteiger charge is 2.35. The molecule has 0 bridgehead atoms. The van der Waals surface area contributed by atoms with Crippen molar-refractivity contribution in [3.8, 4) is 5.75 Å². The molecule has 0 saturated carbocycles. The summed E-state index contributed by atoms with van der Waals surface area (Å²) in [5.41, 5.74) is 0.634. The minimum Gasteiger partial charge on any atom is -0.478 e. The lowest BCUT2D eigenvalue weighted by Crippen LogP contribution is -2.51. The van der Waals surface area contributed by atoms with Crippen LogP contribution in [0.2, 0.25) is 0 Å². The summed E-state index contributed by atoms with van der Waals surface area (Å²) in [6.07, 6.45) is 2.76. The number of aromatic nitrogens is 2. The third-order valence-electron chi connectivity index (χ3n) is 4.79. The van der Waals surface area contributed by atoms with Crippen LogP contribution in [0.25, 0.3) is 0 Å². The van der Waals surface area contributed by atoms with Crippen molar-refractivity contribution in [3.05, 3.63) is 42.5 Å². The Bertz CT molecular complexity index is 840. The molecule has 2 aromatic rings. The van der Waals surface area contributed by atoms with Crippen LogP contribution in [0.3, 0.4) is 0 Å². The number of hydrogen-bond donors (Lipinski definition) is 2. The third kappa shape index (κ3) is 3.77.